The first-order valence-corrected chi connectivity index (χ1v) is 7.88. The summed E-state index contributed by atoms with van der Waals surface area (Å²) in [6.45, 7) is -0.103. The zero-order valence-electron chi connectivity index (χ0n) is 14.2. The molecule has 1 heterocycles. The molecule has 1 saturated heterocycles. The van der Waals surface area contributed by atoms with Crippen molar-refractivity contribution < 1.29 is 39.4 Å². The molecular weight excluding hydrogens is 334 g/mol. The third kappa shape index (κ3) is 4.14. The maximum Gasteiger partial charge on any atom is 0.229 e. The van der Waals surface area contributed by atoms with Crippen LogP contribution in [0.25, 0.3) is 0 Å². The van der Waals surface area contributed by atoms with Gasteiger partial charge in [0.1, 0.15) is 24.4 Å². The summed E-state index contributed by atoms with van der Waals surface area (Å²) in [6.07, 6.45) is -6.33. The first-order chi connectivity index (χ1) is 12.0. The second kappa shape index (κ2) is 8.65. The van der Waals surface area contributed by atoms with E-state index in [1.165, 1.54) is 14.2 Å². The van der Waals surface area contributed by atoms with Crippen molar-refractivity contribution in [3.8, 4) is 17.2 Å². The Morgan fingerprint density at radius 2 is 1.64 bits per heavy atom. The van der Waals surface area contributed by atoms with Crippen LogP contribution in [-0.2, 0) is 11.2 Å². The Kier molecular flexibility index (Phi) is 6.82. The molecule has 5 atom stereocenters. The lowest BCUT2D eigenvalue weighted by Crippen LogP contribution is -2.60. The predicted octanol–water partition coefficient (Wildman–Crippen LogP) is -1.62. The number of nitrogens with two attached hydrogens (primary N) is 1. The second-order valence-electron chi connectivity index (χ2n) is 5.68. The lowest BCUT2D eigenvalue weighted by Gasteiger charge is -2.39. The van der Waals surface area contributed by atoms with Gasteiger partial charge in [-0.15, -0.1) is 0 Å². The van der Waals surface area contributed by atoms with Crippen LogP contribution in [0.1, 0.15) is 5.56 Å². The van der Waals surface area contributed by atoms with Crippen molar-refractivity contribution in [3.63, 3.8) is 0 Å². The highest BCUT2D eigenvalue weighted by Gasteiger charge is 2.45. The van der Waals surface area contributed by atoms with E-state index in [4.69, 9.17) is 24.7 Å². The van der Waals surface area contributed by atoms with Crippen molar-refractivity contribution >= 4 is 0 Å². The van der Waals surface area contributed by atoms with E-state index in [9.17, 15) is 20.4 Å². The lowest BCUT2D eigenvalue weighted by atomic mass is 9.99. The van der Waals surface area contributed by atoms with Crippen LogP contribution in [0.5, 0.6) is 17.2 Å². The van der Waals surface area contributed by atoms with E-state index < -0.39 is 37.3 Å². The molecule has 0 amide bonds. The summed E-state index contributed by atoms with van der Waals surface area (Å²) in [5.74, 6) is 0.828. The molecule has 0 radical (unpaired) electrons. The van der Waals surface area contributed by atoms with Crippen LogP contribution in [-0.4, -0.2) is 78.5 Å². The first kappa shape index (κ1) is 19.7. The Labute approximate surface area is 145 Å². The van der Waals surface area contributed by atoms with Crippen LogP contribution in [0.2, 0.25) is 0 Å². The van der Waals surface area contributed by atoms with Crippen LogP contribution in [0.15, 0.2) is 12.1 Å². The highest BCUT2D eigenvalue weighted by atomic mass is 16.7. The minimum Gasteiger partial charge on any atom is -0.493 e. The smallest absolute Gasteiger partial charge is 0.229 e. The normalized spacial score (nSPS) is 29.3. The Morgan fingerprint density at radius 3 is 2.12 bits per heavy atom. The fraction of sp³-hybridized carbons (Fsp3) is 0.625. The van der Waals surface area contributed by atoms with Crippen molar-refractivity contribution in [2.24, 2.45) is 5.73 Å². The maximum absolute atomic E-state index is 10.1. The molecule has 6 N–H and O–H groups in total. The predicted molar refractivity (Wildman–Crippen MR) is 86.7 cm³/mol. The van der Waals surface area contributed by atoms with Gasteiger partial charge < -0.3 is 45.1 Å². The van der Waals surface area contributed by atoms with Crippen LogP contribution in [0.3, 0.4) is 0 Å². The van der Waals surface area contributed by atoms with Gasteiger partial charge in [-0.3, -0.25) is 0 Å². The summed E-state index contributed by atoms with van der Waals surface area (Å²) in [5, 5.41) is 39.1. The van der Waals surface area contributed by atoms with Crippen molar-refractivity contribution in [3.05, 3.63) is 17.7 Å². The minimum atomic E-state index is -1.54. The zero-order chi connectivity index (χ0) is 18.6. The van der Waals surface area contributed by atoms with Crippen LogP contribution in [0.4, 0.5) is 0 Å². The van der Waals surface area contributed by atoms with Gasteiger partial charge in [-0.25, -0.2) is 0 Å². The van der Waals surface area contributed by atoms with Crippen LogP contribution >= 0.6 is 0 Å². The molecule has 9 heteroatoms. The largest absolute Gasteiger partial charge is 0.493 e. The molecule has 0 saturated carbocycles. The first-order valence-electron chi connectivity index (χ1n) is 7.88. The van der Waals surface area contributed by atoms with Gasteiger partial charge in [0.05, 0.1) is 20.8 Å². The van der Waals surface area contributed by atoms with Gasteiger partial charge in [-0.2, -0.15) is 0 Å². The Balaban J connectivity index is 2.31. The summed E-state index contributed by atoms with van der Waals surface area (Å²) in [5.41, 5.74) is 6.44. The quantitative estimate of drug-likeness (QED) is 0.388. The number of hydrogen-bond donors (Lipinski definition) is 5. The minimum absolute atomic E-state index is 0.162. The van der Waals surface area contributed by atoms with E-state index in [2.05, 4.69) is 0 Å². The number of methoxy groups -OCH3 is 2. The van der Waals surface area contributed by atoms with Crippen molar-refractivity contribution in [1.82, 2.24) is 0 Å². The van der Waals surface area contributed by atoms with Gasteiger partial charge in [0.2, 0.25) is 12.0 Å². The Hall–Kier alpha value is -1.62. The van der Waals surface area contributed by atoms with Crippen LogP contribution < -0.4 is 19.9 Å². The summed E-state index contributed by atoms with van der Waals surface area (Å²) in [7, 11) is 2.89. The number of benzene rings is 1. The topological polar surface area (TPSA) is 144 Å². The number of hydrogen-bond acceptors (Lipinski definition) is 9. The third-order valence-corrected chi connectivity index (χ3v) is 4.04. The lowest BCUT2D eigenvalue weighted by molar-refractivity contribution is -0.277. The fourth-order valence-electron chi connectivity index (χ4n) is 2.64. The van der Waals surface area contributed by atoms with Crippen molar-refractivity contribution in [2.75, 3.05) is 27.4 Å². The summed E-state index contributed by atoms with van der Waals surface area (Å²) >= 11 is 0. The third-order valence-electron chi connectivity index (χ3n) is 4.04. The number of ether oxygens (including phenoxy) is 4. The van der Waals surface area contributed by atoms with Gasteiger partial charge in [0, 0.05) is 0 Å². The molecule has 0 spiro atoms. The molecular formula is C16H25NO8. The Bertz CT molecular complexity index is 542. The number of aliphatic hydroxyl groups excluding tert-OH is 4. The van der Waals surface area contributed by atoms with Crippen molar-refractivity contribution in [1.29, 1.82) is 0 Å². The average Bonchev–Trinajstić information content (AvgIpc) is 2.62. The van der Waals surface area contributed by atoms with Gasteiger partial charge in [0.25, 0.3) is 0 Å². The molecule has 1 aliphatic heterocycles. The van der Waals surface area contributed by atoms with E-state index in [-0.39, 0.29) is 5.75 Å². The average molecular weight is 359 g/mol. The van der Waals surface area contributed by atoms with Crippen molar-refractivity contribution in [2.45, 2.75) is 37.1 Å². The molecule has 9 nitrogen and oxygen atoms in total. The SMILES string of the molecule is COc1cc(CCN)cc(OC)c1OC1OC(CO)C(O)C(O)C1O. The van der Waals surface area contributed by atoms with Gasteiger partial charge in [-0.05, 0) is 30.7 Å². The molecule has 1 aromatic rings. The molecule has 1 aromatic carbocycles. The highest BCUT2D eigenvalue weighted by Crippen LogP contribution is 2.40. The van der Waals surface area contributed by atoms with E-state index in [1.807, 2.05) is 0 Å². The molecule has 142 valence electrons. The van der Waals surface area contributed by atoms with Crippen LogP contribution in [0, 0.1) is 0 Å². The molecule has 0 bridgehead atoms. The monoisotopic (exact) mass is 359 g/mol. The summed E-state index contributed by atoms with van der Waals surface area (Å²) in [4.78, 5) is 0. The molecule has 0 aliphatic carbocycles. The van der Waals surface area contributed by atoms with E-state index >= 15 is 0 Å². The van der Waals surface area contributed by atoms with E-state index in [1.54, 1.807) is 12.1 Å². The second-order valence-corrected chi connectivity index (χ2v) is 5.68. The zero-order valence-corrected chi connectivity index (χ0v) is 14.2. The molecule has 0 aromatic heterocycles. The molecule has 2 rings (SSSR count). The number of rotatable bonds is 7. The number of aliphatic hydroxyl groups is 4. The van der Waals surface area contributed by atoms with Gasteiger partial charge in [0.15, 0.2) is 11.5 Å². The summed E-state index contributed by atoms with van der Waals surface area (Å²) in [6, 6.07) is 3.43. The van der Waals surface area contributed by atoms with E-state index in [0.29, 0.717) is 24.5 Å². The maximum atomic E-state index is 10.1. The highest BCUT2D eigenvalue weighted by molar-refractivity contribution is 5.54. The molecule has 5 unspecified atom stereocenters. The van der Waals surface area contributed by atoms with Gasteiger partial charge in [-0.1, -0.05) is 0 Å². The fourth-order valence-corrected chi connectivity index (χ4v) is 2.64. The summed E-state index contributed by atoms with van der Waals surface area (Å²) < 4.78 is 21.6. The molecule has 1 fully saturated rings. The van der Waals surface area contributed by atoms with E-state index in [0.717, 1.165) is 5.56 Å². The Morgan fingerprint density at radius 1 is 1.04 bits per heavy atom. The molecule has 25 heavy (non-hydrogen) atoms. The van der Waals surface area contributed by atoms with Gasteiger partial charge >= 0.3 is 0 Å². The molecule has 1 aliphatic rings. The standard InChI is InChI=1S/C16H25NO8/c1-22-9-5-8(3-4-17)6-10(23-2)15(9)25-16-14(21)13(20)12(19)11(7-18)24-16/h5-6,11-14,16,18-21H,3-4,7,17H2,1-2H3.